The van der Waals surface area contributed by atoms with Gasteiger partial charge in [0, 0.05) is 13.1 Å². The predicted octanol–water partition coefficient (Wildman–Crippen LogP) is 2.54. The molecular formula is C15H19F3N2O3. The van der Waals surface area contributed by atoms with Gasteiger partial charge in [0.25, 0.3) is 0 Å². The van der Waals surface area contributed by atoms with Gasteiger partial charge in [-0.3, -0.25) is 4.79 Å². The number of pyridine rings is 1. The zero-order valence-corrected chi connectivity index (χ0v) is 12.7. The lowest BCUT2D eigenvalue weighted by molar-refractivity contribution is -0.159. The number of hydrogen-bond donors (Lipinski definition) is 2. The molecule has 128 valence electrons. The highest BCUT2D eigenvalue weighted by Gasteiger charge is 2.48. The van der Waals surface area contributed by atoms with Crippen molar-refractivity contribution in [2.45, 2.75) is 38.5 Å². The minimum atomic E-state index is -4.54. The molecule has 1 aromatic rings. The van der Waals surface area contributed by atoms with Gasteiger partial charge in [-0.15, -0.1) is 0 Å². The molecule has 5 nitrogen and oxygen atoms in total. The fraction of sp³-hybridized carbons (Fsp3) is 0.600. The maximum absolute atomic E-state index is 12.7. The number of halogens is 3. The molecule has 0 radical (unpaired) electrons. The topological polar surface area (TPSA) is 73.7 Å². The van der Waals surface area contributed by atoms with Crippen molar-refractivity contribution in [2.24, 2.45) is 5.41 Å². The van der Waals surface area contributed by atoms with Crippen LogP contribution < -0.4 is 4.90 Å². The predicted molar refractivity (Wildman–Crippen MR) is 77.1 cm³/mol. The van der Waals surface area contributed by atoms with Crippen LogP contribution in [0, 0.1) is 5.41 Å². The number of piperidine rings is 1. The van der Waals surface area contributed by atoms with Crippen molar-refractivity contribution in [1.29, 1.82) is 0 Å². The molecule has 0 spiro atoms. The summed E-state index contributed by atoms with van der Waals surface area (Å²) >= 11 is 0. The van der Waals surface area contributed by atoms with Crippen molar-refractivity contribution in [3.8, 4) is 0 Å². The number of carbonyl (C=O) groups is 1. The number of alkyl halides is 3. The Kier molecular flexibility index (Phi) is 4.84. The summed E-state index contributed by atoms with van der Waals surface area (Å²) < 4.78 is 38.2. The van der Waals surface area contributed by atoms with Gasteiger partial charge in [-0.2, -0.15) is 13.2 Å². The van der Waals surface area contributed by atoms with Crippen molar-refractivity contribution < 1.29 is 28.2 Å². The first-order chi connectivity index (χ1) is 10.7. The van der Waals surface area contributed by atoms with Crippen LogP contribution in [0.2, 0.25) is 0 Å². The highest BCUT2D eigenvalue weighted by molar-refractivity contribution is 5.76. The lowest BCUT2D eigenvalue weighted by Crippen LogP contribution is -2.55. The summed E-state index contributed by atoms with van der Waals surface area (Å²) in [5.74, 6) is -0.974. The number of aromatic nitrogens is 1. The van der Waals surface area contributed by atoms with Gasteiger partial charge in [0.1, 0.15) is 11.5 Å². The molecule has 0 amide bonds. The van der Waals surface area contributed by atoms with E-state index in [-0.39, 0.29) is 25.3 Å². The Bertz CT molecular complexity index is 579. The third-order valence-electron chi connectivity index (χ3n) is 4.33. The molecule has 23 heavy (non-hydrogen) atoms. The second kappa shape index (κ2) is 6.35. The van der Waals surface area contributed by atoms with Gasteiger partial charge in [-0.05, 0) is 25.0 Å². The van der Waals surface area contributed by atoms with E-state index in [9.17, 15) is 28.2 Å². The third-order valence-corrected chi connectivity index (χ3v) is 4.33. The second-order valence-electron chi connectivity index (χ2n) is 5.80. The SMILES string of the molecule is CCC[C@]1(C(=O)O)CCN(c2cccc(C(F)(F)F)n2)C[C@@H]1O. The molecule has 8 heteroatoms. The molecule has 0 saturated carbocycles. The fourth-order valence-corrected chi connectivity index (χ4v) is 3.04. The Morgan fingerprint density at radius 3 is 2.70 bits per heavy atom. The summed E-state index contributed by atoms with van der Waals surface area (Å²) in [5.41, 5.74) is -2.25. The van der Waals surface area contributed by atoms with E-state index in [0.29, 0.717) is 12.8 Å². The number of aliphatic hydroxyl groups excluding tert-OH is 1. The van der Waals surface area contributed by atoms with E-state index in [1.165, 1.54) is 17.0 Å². The van der Waals surface area contributed by atoms with Crippen molar-refractivity contribution in [2.75, 3.05) is 18.0 Å². The zero-order valence-electron chi connectivity index (χ0n) is 12.7. The minimum Gasteiger partial charge on any atom is -0.481 e. The molecule has 1 saturated heterocycles. The van der Waals surface area contributed by atoms with Gasteiger partial charge in [-0.25, -0.2) is 4.98 Å². The molecule has 0 aromatic carbocycles. The lowest BCUT2D eigenvalue weighted by atomic mass is 9.73. The molecule has 2 heterocycles. The molecule has 2 rings (SSSR count). The van der Waals surface area contributed by atoms with Crippen molar-refractivity contribution in [3.63, 3.8) is 0 Å². The smallest absolute Gasteiger partial charge is 0.433 e. The summed E-state index contributed by atoms with van der Waals surface area (Å²) in [6.07, 6.45) is -4.62. The number of β-amino-alcohol motifs (C(OH)–C–C–N with tert-alkyl or cyclic N) is 1. The molecule has 1 fully saturated rings. The van der Waals surface area contributed by atoms with Crippen LogP contribution in [0.5, 0.6) is 0 Å². The molecule has 0 aliphatic carbocycles. The molecule has 2 N–H and O–H groups in total. The van der Waals surface area contributed by atoms with E-state index in [0.717, 1.165) is 6.07 Å². The van der Waals surface area contributed by atoms with Crippen LogP contribution in [0.4, 0.5) is 19.0 Å². The van der Waals surface area contributed by atoms with E-state index in [2.05, 4.69) is 4.98 Å². The monoisotopic (exact) mass is 332 g/mol. The molecule has 0 bridgehead atoms. The molecule has 0 unspecified atom stereocenters. The fourth-order valence-electron chi connectivity index (χ4n) is 3.04. The summed E-state index contributed by atoms with van der Waals surface area (Å²) in [5, 5.41) is 19.8. The highest BCUT2D eigenvalue weighted by Crippen LogP contribution is 2.38. The van der Waals surface area contributed by atoms with E-state index < -0.39 is 29.4 Å². The number of aliphatic carboxylic acids is 1. The van der Waals surface area contributed by atoms with Gasteiger partial charge in [-0.1, -0.05) is 19.4 Å². The van der Waals surface area contributed by atoms with Gasteiger partial charge >= 0.3 is 12.1 Å². The van der Waals surface area contributed by atoms with Gasteiger partial charge in [0.05, 0.1) is 11.5 Å². The number of aliphatic hydroxyl groups is 1. The van der Waals surface area contributed by atoms with Crippen LogP contribution in [0.25, 0.3) is 0 Å². The molecular weight excluding hydrogens is 313 g/mol. The molecule has 1 aliphatic heterocycles. The Balaban J connectivity index is 2.22. The number of carboxylic acid groups (broad SMARTS) is 1. The first-order valence-electron chi connectivity index (χ1n) is 7.41. The van der Waals surface area contributed by atoms with Crippen LogP contribution in [-0.4, -0.2) is 40.4 Å². The zero-order chi connectivity index (χ0) is 17.3. The van der Waals surface area contributed by atoms with Gasteiger partial charge in [0.2, 0.25) is 0 Å². The van der Waals surface area contributed by atoms with Crippen LogP contribution in [0.1, 0.15) is 31.9 Å². The average molecular weight is 332 g/mol. The van der Waals surface area contributed by atoms with E-state index in [1.54, 1.807) is 0 Å². The van der Waals surface area contributed by atoms with Crippen LogP contribution >= 0.6 is 0 Å². The summed E-state index contributed by atoms with van der Waals surface area (Å²) in [6, 6.07) is 3.56. The molecule has 1 aromatic heterocycles. The van der Waals surface area contributed by atoms with Gasteiger partial charge < -0.3 is 15.1 Å². The first-order valence-corrected chi connectivity index (χ1v) is 7.41. The Hall–Kier alpha value is -1.83. The number of anilines is 1. The van der Waals surface area contributed by atoms with Crippen LogP contribution in [0.3, 0.4) is 0 Å². The summed E-state index contributed by atoms with van der Waals surface area (Å²) in [7, 11) is 0. The number of nitrogens with zero attached hydrogens (tertiary/aromatic N) is 2. The quantitative estimate of drug-likeness (QED) is 0.886. The second-order valence-corrected chi connectivity index (χ2v) is 5.80. The maximum Gasteiger partial charge on any atom is 0.433 e. The normalized spacial score (nSPS) is 25.4. The Morgan fingerprint density at radius 1 is 1.48 bits per heavy atom. The minimum absolute atomic E-state index is 0.0549. The van der Waals surface area contributed by atoms with E-state index in [4.69, 9.17) is 0 Å². The van der Waals surface area contributed by atoms with Crippen molar-refractivity contribution >= 4 is 11.8 Å². The standard InChI is InChI=1S/C15H19F3N2O3/c1-2-6-14(13(22)23)7-8-20(9-11(14)21)12-5-3-4-10(19-12)15(16,17)18/h3-5,11,21H,2,6-9H2,1H3,(H,22,23)/t11-,14-/m0/s1. The average Bonchev–Trinajstić information content (AvgIpc) is 2.48. The van der Waals surface area contributed by atoms with Gasteiger partial charge in [0.15, 0.2) is 0 Å². The molecule has 2 atom stereocenters. The summed E-state index contributed by atoms with van der Waals surface area (Å²) in [4.78, 5) is 16.6. The number of hydrogen-bond acceptors (Lipinski definition) is 4. The third kappa shape index (κ3) is 3.41. The van der Waals surface area contributed by atoms with Crippen molar-refractivity contribution in [3.05, 3.63) is 23.9 Å². The maximum atomic E-state index is 12.7. The first kappa shape index (κ1) is 17.5. The lowest BCUT2D eigenvalue weighted by Gasteiger charge is -2.43. The molecule has 1 aliphatic rings. The van der Waals surface area contributed by atoms with E-state index >= 15 is 0 Å². The number of rotatable bonds is 4. The van der Waals surface area contributed by atoms with Crippen molar-refractivity contribution in [1.82, 2.24) is 4.98 Å². The highest BCUT2D eigenvalue weighted by atomic mass is 19.4. The van der Waals surface area contributed by atoms with Crippen LogP contribution in [0.15, 0.2) is 18.2 Å². The number of carboxylic acids is 1. The Labute approximate surface area is 131 Å². The Morgan fingerprint density at radius 2 is 2.17 bits per heavy atom. The van der Waals surface area contributed by atoms with E-state index in [1.807, 2.05) is 6.92 Å². The summed E-state index contributed by atoms with van der Waals surface area (Å²) in [6.45, 7) is 2.01. The van der Waals surface area contributed by atoms with Crippen LogP contribution in [-0.2, 0) is 11.0 Å². The largest absolute Gasteiger partial charge is 0.481 e.